The highest BCUT2D eigenvalue weighted by molar-refractivity contribution is 6.32. The molecule has 47 heavy (non-hydrogen) atoms. The van der Waals surface area contributed by atoms with Gasteiger partial charge in [-0.1, -0.05) is 35.9 Å². The molecule has 0 saturated carbocycles. The molecular formula is C30H38ClF3N2O11. The number of nitrogens with one attached hydrogen (secondary N) is 2. The van der Waals surface area contributed by atoms with Gasteiger partial charge in [-0.3, -0.25) is 9.59 Å². The summed E-state index contributed by atoms with van der Waals surface area (Å²) >= 11 is 6.44. The maximum Gasteiger partial charge on any atom is 0.446 e. The van der Waals surface area contributed by atoms with Gasteiger partial charge < -0.3 is 49.6 Å². The SMILES string of the molecule is COc1cc(OCc2cccc(CNC(=O)OC(C)(C)C)c2)c(Cl)cc1C(=O)N[C@H]1[C@H](OC)O[C@H](CO)[C@@H](O)[C@@H]1O.O=CC(F)(F)F. The number of rotatable bonds is 10. The third kappa shape index (κ3) is 12.5. The number of carbonyl (C=O) groups excluding carboxylic acids is 3. The number of halogens is 4. The Morgan fingerprint density at radius 2 is 1.68 bits per heavy atom. The lowest BCUT2D eigenvalue weighted by Gasteiger charge is -2.41. The highest BCUT2D eigenvalue weighted by Gasteiger charge is 2.45. The molecule has 0 spiro atoms. The van der Waals surface area contributed by atoms with E-state index in [1.165, 1.54) is 26.4 Å². The van der Waals surface area contributed by atoms with E-state index < -0.39 is 67.3 Å². The van der Waals surface area contributed by atoms with Crippen LogP contribution in [0.1, 0.15) is 42.3 Å². The predicted octanol–water partition coefficient (Wildman–Crippen LogP) is 2.88. The Morgan fingerprint density at radius 3 is 2.23 bits per heavy atom. The van der Waals surface area contributed by atoms with Crippen molar-refractivity contribution in [2.75, 3.05) is 20.8 Å². The second-order valence-corrected chi connectivity index (χ2v) is 11.5. The fourth-order valence-electron chi connectivity index (χ4n) is 4.14. The van der Waals surface area contributed by atoms with Crippen molar-refractivity contribution in [1.82, 2.24) is 10.6 Å². The number of benzene rings is 2. The summed E-state index contributed by atoms with van der Waals surface area (Å²) in [5.74, 6) is -0.273. The molecule has 5 N–H and O–H groups in total. The summed E-state index contributed by atoms with van der Waals surface area (Å²) in [7, 11) is 2.68. The van der Waals surface area contributed by atoms with E-state index in [9.17, 15) is 38.1 Å². The molecule has 3 rings (SSSR count). The maximum atomic E-state index is 13.1. The summed E-state index contributed by atoms with van der Waals surface area (Å²) in [4.78, 5) is 33.8. The van der Waals surface area contributed by atoms with E-state index in [4.69, 9.17) is 40.1 Å². The van der Waals surface area contributed by atoms with Crippen LogP contribution in [0.2, 0.25) is 5.02 Å². The molecule has 1 saturated heterocycles. The summed E-state index contributed by atoms with van der Waals surface area (Å²) in [5.41, 5.74) is 1.09. The zero-order chi connectivity index (χ0) is 35.5. The standard InChI is InChI=1S/C28H37ClN2O10.C2HF3O/c1-28(2,3)41-27(36)30-12-15-7-6-8-16(9-15)14-39-20-11-19(37-4)17(10-18(20)29)25(35)31-22-24(34)23(33)21(13-32)40-26(22)38-5;3-2(4,5)1-6/h6-11,21-24,26,32-34H,12-14H2,1-5H3,(H,30,36)(H,31,35);1H/t21-,22-,23-,24-,26-;/m1./s1. The molecule has 262 valence electrons. The van der Waals surface area contributed by atoms with Crippen molar-refractivity contribution < 1.29 is 66.6 Å². The molecule has 1 fully saturated rings. The topological polar surface area (TPSA) is 182 Å². The zero-order valence-electron chi connectivity index (χ0n) is 26.2. The van der Waals surface area contributed by atoms with Crippen LogP contribution in [0.25, 0.3) is 0 Å². The first-order valence-electron chi connectivity index (χ1n) is 14.0. The summed E-state index contributed by atoms with van der Waals surface area (Å²) < 4.78 is 58.4. The number of aliphatic hydroxyl groups is 3. The van der Waals surface area contributed by atoms with Crippen molar-refractivity contribution in [3.63, 3.8) is 0 Å². The summed E-state index contributed by atoms with van der Waals surface area (Å²) in [6, 6.07) is 9.07. The minimum Gasteiger partial charge on any atom is -0.496 e. The number of ether oxygens (including phenoxy) is 5. The van der Waals surface area contributed by atoms with Crippen molar-refractivity contribution in [2.24, 2.45) is 0 Å². The maximum absolute atomic E-state index is 13.1. The molecule has 1 aliphatic rings. The van der Waals surface area contributed by atoms with Gasteiger partial charge in [-0.15, -0.1) is 0 Å². The van der Waals surface area contributed by atoms with E-state index in [1.807, 2.05) is 24.3 Å². The Balaban J connectivity index is 0.00000117. The Hall–Kier alpha value is -3.67. The lowest BCUT2D eigenvalue weighted by molar-refractivity contribution is -0.261. The van der Waals surface area contributed by atoms with Gasteiger partial charge in [0.05, 0.1) is 24.3 Å². The first kappa shape index (κ1) is 39.5. The molecule has 0 bridgehead atoms. The summed E-state index contributed by atoms with van der Waals surface area (Å²) in [5, 5.41) is 35.5. The average Bonchev–Trinajstić information content (AvgIpc) is 3.01. The lowest BCUT2D eigenvalue weighted by Crippen LogP contribution is -2.64. The molecule has 13 nitrogen and oxygen atoms in total. The molecule has 0 unspecified atom stereocenters. The molecule has 1 aliphatic heterocycles. The second-order valence-electron chi connectivity index (χ2n) is 11.0. The largest absolute Gasteiger partial charge is 0.496 e. The lowest BCUT2D eigenvalue weighted by atomic mass is 9.96. The van der Waals surface area contributed by atoms with Crippen LogP contribution in [0.15, 0.2) is 36.4 Å². The molecule has 2 amide bonds. The number of alkyl carbamates (subject to hydrolysis) is 1. The van der Waals surface area contributed by atoms with E-state index in [0.29, 0.717) is 0 Å². The summed E-state index contributed by atoms with van der Waals surface area (Å²) in [6.45, 7) is 5.22. The molecule has 17 heteroatoms. The third-order valence-corrected chi connectivity index (χ3v) is 6.56. The number of carbonyl (C=O) groups is 3. The number of methoxy groups -OCH3 is 2. The van der Waals surface area contributed by atoms with Gasteiger partial charge >= 0.3 is 12.3 Å². The molecule has 5 atom stereocenters. The number of alkyl halides is 3. The highest BCUT2D eigenvalue weighted by Crippen LogP contribution is 2.34. The van der Waals surface area contributed by atoms with Crippen molar-refractivity contribution >= 4 is 29.9 Å². The number of hydrogen-bond donors (Lipinski definition) is 5. The Bertz CT molecular complexity index is 1360. The average molecular weight is 695 g/mol. The second kappa shape index (κ2) is 17.5. The first-order chi connectivity index (χ1) is 21.9. The van der Waals surface area contributed by atoms with Crippen LogP contribution < -0.4 is 20.1 Å². The third-order valence-electron chi connectivity index (χ3n) is 6.26. The quantitative estimate of drug-likeness (QED) is 0.231. The smallest absolute Gasteiger partial charge is 0.446 e. The van der Waals surface area contributed by atoms with Crippen LogP contribution in [0.4, 0.5) is 18.0 Å². The van der Waals surface area contributed by atoms with E-state index >= 15 is 0 Å². The van der Waals surface area contributed by atoms with Crippen molar-refractivity contribution in [1.29, 1.82) is 0 Å². The molecule has 2 aromatic carbocycles. The van der Waals surface area contributed by atoms with Crippen LogP contribution in [0, 0.1) is 0 Å². The van der Waals surface area contributed by atoms with E-state index in [2.05, 4.69) is 10.6 Å². The molecule has 0 radical (unpaired) electrons. The predicted molar refractivity (Wildman–Crippen MR) is 160 cm³/mol. The normalized spacial score (nSPS) is 21.1. The van der Waals surface area contributed by atoms with Gasteiger partial charge in [0, 0.05) is 19.7 Å². The van der Waals surface area contributed by atoms with Gasteiger partial charge in [0.2, 0.25) is 6.29 Å². The first-order valence-corrected chi connectivity index (χ1v) is 14.3. The van der Waals surface area contributed by atoms with Crippen molar-refractivity contribution in [2.45, 2.75) is 76.3 Å². The minimum atomic E-state index is -4.64. The van der Waals surface area contributed by atoms with Gasteiger partial charge in [0.15, 0.2) is 6.29 Å². The number of aliphatic hydroxyl groups excluding tert-OH is 3. The highest BCUT2D eigenvalue weighted by atomic mass is 35.5. The molecule has 2 aromatic rings. The minimum absolute atomic E-state index is 0.0425. The molecule has 0 aromatic heterocycles. The Kier molecular flexibility index (Phi) is 14.7. The van der Waals surface area contributed by atoms with Crippen LogP contribution in [0.3, 0.4) is 0 Å². The van der Waals surface area contributed by atoms with Gasteiger partial charge in [-0.25, -0.2) is 4.79 Å². The number of amides is 2. The van der Waals surface area contributed by atoms with Crippen LogP contribution in [-0.4, -0.2) is 96.9 Å². The number of hydrogen-bond acceptors (Lipinski definition) is 11. The van der Waals surface area contributed by atoms with Crippen molar-refractivity contribution in [3.8, 4) is 11.5 Å². The fourth-order valence-corrected chi connectivity index (χ4v) is 4.36. The van der Waals surface area contributed by atoms with Crippen LogP contribution in [-0.2, 0) is 32.2 Å². The molecule has 1 heterocycles. The summed E-state index contributed by atoms with van der Waals surface area (Å²) in [6.07, 6.45) is -11.4. The van der Waals surface area contributed by atoms with Crippen LogP contribution >= 0.6 is 11.6 Å². The number of aldehydes is 1. The fraction of sp³-hybridized carbons (Fsp3) is 0.500. The van der Waals surface area contributed by atoms with E-state index in [0.717, 1.165) is 11.1 Å². The Labute approximate surface area is 273 Å². The molecular weight excluding hydrogens is 657 g/mol. The molecule has 0 aliphatic carbocycles. The van der Waals surface area contributed by atoms with Gasteiger partial charge in [0.1, 0.15) is 48.1 Å². The van der Waals surface area contributed by atoms with Crippen molar-refractivity contribution in [3.05, 3.63) is 58.1 Å². The van der Waals surface area contributed by atoms with Gasteiger partial charge in [0.25, 0.3) is 5.91 Å². The van der Waals surface area contributed by atoms with Crippen LogP contribution in [0.5, 0.6) is 11.5 Å². The van der Waals surface area contributed by atoms with E-state index in [-0.39, 0.29) is 35.2 Å². The van der Waals surface area contributed by atoms with E-state index in [1.54, 1.807) is 20.8 Å². The van der Waals surface area contributed by atoms with Gasteiger partial charge in [-0.2, -0.15) is 13.2 Å². The monoisotopic (exact) mass is 694 g/mol. The zero-order valence-corrected chi connectivity index (χ0v) is 26.9. The Morgan fingerprint density at radius 1 is 1.04 bits per heavy atom. The van der Waals surface area contributed by atoms with Gasteiger partial charge in [-0.05, 0) is 38.0 Å².